The summed E-state index contributed by atoms with van der Waals surface area (Å²) < 4.78 is 25.4. The average Bonchev–Trinajstić information content (AvgIpc) is 2.18. The molecule has 0 radical (unpaired) electrons. The molecule has 0 aromatic heterocycles. The lowest BCUT2D eigenvalue weighted by Crippen LogP contribution is -2.44. The van der Waals surface area contributed by atoms with Gasteiger partial charge in [-0.3, -0.25) is 0 Å². The van der Waals surface area contributed by atoms with Gasteiger partial charge in [0.25, 0.3) is 0 Å². The van der Waals surface area contributed by atoms with Crippen molar-refractivity contribution in [2.24, 2.45) is 11.8 Å². The van der Waals surface area contributed by atoms with E-state index in [0.29, 0.717) is 0 Å². The van der Waals surface area contributed by atoms with Gasteiger partial charge < -0.3 is 4.90 Å². The monoisotopic (exact) mass is 231 g/mol. The summed E-state index contributed by atoms with van der Waals surface area (Å²) in [6.07, 6.45) is 5.42. The highest BCUT2D eigenvalue weighted by molar-refractivity contribution is 4.88. The van der Waals surface area contributed by atoms with Crippen molar-refractivity contribution < 1.29 is 8.78 Å². The molecule has 0 unspecified atom stereocenters. The van der Waals surface area contributed by atoms with E-state index in [4.69, 9.17) is 0 Å². The van der Waals surface area contributed by atoms with Gasteiger partial charge in [0.15, 0.2) is 0 Å². The van der Waals surface area contributed by atoms with Crippen LogP contribution in [-0.4, -0.2) is 30.5 Å². The quantitative estimate of drug-likeness (QED) is 0.715. The molecule has 2 aliphatic rings. The van der Waals surface area contributed by atoms with Crippen LogP contribution in [0.25, 0.3) is 0 Å². The molecule has 0 amide bonds. The molecule has 0 aromatic carbocycles. The lowest BCUT2D eigenvalue weighted by Gasteiger charge is -2.40. The maximum absolute atomic E-state index is 12.7. The molecule has 1 heterocycles. The summed E-state index contributed by atoms with van der Waals surface area (Å²) in [6.45, 7) is 5.41. The molecule has 2 fully saturated rings. The highest BCUT2D eigenvalue weighted by Crippen LogP contribution is 2.42. The molecule has 0 N–H and O–H groups in total. The Morgan fingerprint density at radius 1 is 1.12 bits per heavy atom. The smallest absolute Gasteiger partial charge is 0.248 e. The minimum atomic E-state index is -2.34. The number of likely N-dealkylation sites (tertiary alicyclic amines) is 1. The molecule has 0 spiro atoms. The van der Waals surface area contributed by atoms with Gasteiger partial charge in [-0.05, 0) is 37.8 Å². The Kier molecular flexibility index (Phi) is 3.83. The molecule has 0 atom stereocenters. The van der Waals surface area contributed by atoms with E-state index in [2.05, 4.69) is 11.8 Å². The lowest BCUT2D eigenvalue weighted by atomic mass is 9.80. The SMILES string of the molecule is CCCC1CCN(CC2CC(F)(F)C2)CC1. The molecule has 1 aliphatic carbocycles. The van der Waals surface area contributed by atoms with Gasteiger partial charge in [-0.25, -0.2) is 8.78 Å². The first-order chi connectivity index (χ1) is 7.59. The maximum Gasteiger partial charge on any atom is 0.248 e. The third kappa shape index (κ3) is 3.16. The summed E-state index contributed by atoms with van der Waals surface area (Å²) in [7, 11) is 0. The van der Waals surface area contributed by atoms with E-state index < -0.39 is 5.92 Å². The first-order valence-electron chi connectivity index (χ1n) is 6.69. The topological polar surface area (TPSA) is 3.24 Å². The second-order valence-corrected chi connectivity index (χ2v) is 5.66. The van der Waals surface area contributed by atoms with Gasteiger partial charge in [0.05, 0.1) is 0 Å². The standard InChI is InChI=1S/C13H23F2N/c1-2-3-11-4-6-16(7-5-11)10-12-8-13(14,15)9-12/h11-12H,2-10H2,1H3. The van der Waals surface area contributed by atoms with E-state index in [9.17, 15) is 8.78 Å². The van der Waals surface area contributed by atoms with E-state index in [1.807, 2.05) is 0 Å². The molecule has 1 nitrogen and oxygen atoms in total. The van der Waals surface area contributed by atoms with Gasteiger partial charge >= 0.3 is 0 Å². The van der Waals surface area contributed by atoms with Gasteiger partial charge in [-0.1, -0.05) is 19.8 Å². The van der Waals surface area contributed by atoms with Crippen LogP contribution in [0.5, 0.6) is 0 Å². The number of hydrogen-bond donors (Lipinski definition) is 0. The van der Waals surface area contributed by atoms with Gasteiger partial charge in [-0.2, -0.15) is 0 Å². The van der Waals surface area contributed by atoms with E-state index in [1.54, 1.807) is 0 Å². The summed E-state index contributed by atoms with van der Waals surface area (Å²) in [4.78, 5) is 2.39. The molecular weight excluding hydrogens is 208 g/mol. The minimum absolute atomic E-state index is 0.127. The van der Waals surface area contributed by atoms with Crippen molar-refractivity contribution in [2.75, 3.05) is 19.6 Å². The Hall–Kier alpha value is -0.180. The third-order valence-electron chi connectivity index (χ3n) is 4.10. The van der Waals surface area contributed by atoms with Crippen molar-refractivity contribution >= 4 is 0 Å². The van der Waals surface area contributed by atoms with Crippen LogP contribution in [0.2, 0.25) is 0 Å². The van der Waals surface area contributed by atoms with Crippen LogP contribution in [-0.2, 0) is 0 Å². The van der Waals surface area contributed by atoms with Gasteiger partial charge in [0.1, 0.15) is 0 Å². The van der Waals surface area contributed by atoms with Crippen molar-refractivity contribution in [3.63, 3.8) is 0 Å². The number of rotatable bonds is 4. The first-order valence-corrected chi connectivity index (χ1v) is 6.69. The highest BCUT2D eigenvalue weighted by Gasteiger charge is 2.45. The number of alkyl halides is 2. The minimum Gasteiger partial charge on any atom is -0.303 e. The van der Waals surface area contributed by atoms with Crippen molar-refractivity contribution in [2.45, 2.75) is 51.4 Å². The van der Waals surface area contributed by atoms with Crippen molar-refractivity contribution in [3.8, 4) is 0 Å². The second-order valence-electron chi connectivity index (χ2n) is 5.66. The first kappa shape index (κ1) is 12.3. The zero-order chi connectivity index (χ0) is 11.6. The average molecular weight is 231 g/mol. The van der Waals surface area contributed by atoms with Crippen LogP contribution < -0.4 is 0 Å². The molecule has 0 bridgehead atoms. The largest absolute Gasteiger partial charge is 0.303 e. The van der Waals surface area contributed by atoms with Crippen molar-refractivity contribution in [3.05, 3.63) is 0 Å². The number of halogens is 2. The van der Waals surface area contributed by atoms with Gasteiger partial charge in [-0.15, -0.1) is 0 Å². The molecule has 94 valence electrons. The zero-order valence-corrected chi connectivity index (χ0v) is 10.2. The molecule has 16 heavy (non-hydrogen) atoms. The van der Waals surface area contributed by atoms with Gasteiger partial charge in [0, 0.05) is 19.4 Å². The van der Waals surface area contributed by atoms with Crippen molar-refractivity contribution in [1.82, 2.24) is 4.90 Å². The Balaban J connectivity index is 1.63. The lowest BCUT2D eigenvalue weighted by molar-refractivity contribution is -0.117. The van der Waals surface area contributed by atoms with Crippen LogP contribution in [0.3, 0.4) is 0 Å². The molecule has 1 saturated heterocycles. The van der Waals surface area contributed by atoms with Crippen LogP contribution in [0, 0.1) is 11.8 Å². The molecular formula is C13H23F2N. The summed E-state index contributed by atoms with van der Waals surface area (Å²) in [5, 5.41) is 0. The summed E-state index contributed by atoms with van der Waals surface area (Å²) in [6, 6.07) is 0. The normalized spacial score (nSPS) is 27.9. The van der Waals surface area contributed by atoms with Crippen molar-refractivity contribution in [1.29, 1.82) is 0 Å². The summed E-state index contributed by atoms with van der Waals surface area (Å²) in [5.74, 6) is -1.19. The number of piperidine rings is 1. The van der Waals surface area contributed by atoms with E-state index in [1.165, 1.54) is 25.7 Å². The fraction of sp³-hybridized carbons (Fsp3) is 1.00. The predicted molar refractivity (Wildman–Crippen MR) is 61.7 cm³/mol. The van der Waals surface area contributed by atoms with Crippen LogP contribution in [0.15, 0.2) is 0 Å². The Morgan fingerprint density at radius 2 is 1.75 bits per heavy atom. The van der Waals surface area contributed by atoms with E-state index in [-0.39, 0.29) is 18.8 Å². The molecule has 2 rings (SSSR count). The highest BCUT2D eigenvalue weighted by atomic mass is 19.3. The third-order valence-corrected chi connectivity index (χ3v) is 4.10. The molecule has 1 saturated carbocycles. The fourth-order valence-corrected chi connectivity index (χ4v) is 3.15. The van der Waals surface area contributed by atoms with Crippen LogP contribution in [0.4, 0.5) is 8.78 Å². The Bertz CT molecular complexity index is 214. The number of hydrogen-bond acceptors (Lipinski definition) is 1. The summed E-state index contributed by atoms with van der Waals surface area (Å²) >= 11 is 0. The molecule has 3 heteroatoms. The van der Waals surface area contributed by atoms with Crippen LogP contribution in [0.1, 0.15) is 45.4 Å². The maximum atomic E-state index is 12.7. The summed E-state index contributed by atoms with van der Waals surface area (Å²) in [5.41, 5.74) is 0. The number of nitrogens with zero attached hydrogens (tertiary/aromatic N) is 1. The van der Waals surface area contributed by atoms with E-state index in [0.717, 1.165) is 25.6 Å². The molecule has 0 aromatic rings. The zero-order valence-electron chi connectivity index (χ0n) is 10.2. The van der Waals surface area contributed by atoms with Crippen LogP contribution >= 0.6 is 0 Å². The Labute approximate surface area is 97.2 Å². The fourth-order valence-electron chi connectivity index (χ4n) is 3.15. The Morgan fingerprint density at radius 3 is 2.25 bits per heavy atom. The second kappa shape index (κ2) is 4.99. The van der Waals surface area contributed by atoms with E-state index >= 15 is 0 Å². The molecule has 1 aliphatic heterocycles. The predicted octanol–water partition coefficient (Wildman–Crippen LogP) is 3.54. The van der Waals surface area contributed by atoms with Gasteiger partial charge in [0.2, 0.25) is 5.92 Å².